The van der Waals surface area contributed by atoms with Gasteiger partial charge in [-0.2, -0.15) is 4.98 Å². The highest BCUT2D eigenvalue weighted by Crippen LogP contribution is 2.28. The van der Waals surface area contributed by atoms with Crippen LogP contribution in [0.1, 0.15) is 12.8 Å². The third-order valence-electron chi connectivity index (χ3n) is 2.45. The molecule has 16 heavy (non-hydrogen) atoms. The van der Waals surface area contributed by atoms with Gasteiger partial charge in [0.05, 0.1) is 0 Å². The number of nitrogens with one attached hydrogen (secondary N) is 1. The van der Waals surface area contributed by atoms with E-state index in [1.165, 1.54) is 12.8 Å². The molecule has 0 spiro atoms. The maximum Gasteiger partial charge on any atom is 0.322 e. The molecule has 1 N–H and O–H groups in total. The molecule has 1 aromatic carbocycles. The Balaban J connectivity index is 1.88. The Morgan fingerprint density at radius 3 is 2.88 bits per heavy atom. The Morgan fingerprint density at radius 1 is 1.31 bits per heavy atom. The van der Waals surface area contributed by atoms with Crippen molar-refractivity contribution in [2.24, 2.45) is 0 Å². The fourth-order valence-electron chi connectivity index (χ4n) is 1.44. The second kappa shape index (κ2) is 3.90. The first kappa shape index (κ1) is 9.84. The molecule has 0 unspecified atom stereocenters. The van der Waals surface area contributed by atoms with Gasteiger partial charge in [-0.15, -0.1) is 0 Å². The third-order valence-corrected chi connectivity index (χ3v) is 3.14. The fraction of sp³-hybridized carbons (Fsp3) is 0.273. The Morgan fingerprint density at radius 2 is 2.12 bits per heavy atom. The SMILES string of the molecule is Brc1ccccc1-c1noc(NC2CC2)n1. The number of anilines is 1. The minimum atomic E-state index is 0.508. The van der Waals surface area contributed by atoms with E-state index in [9.17, 15) is 0 Å². The van der Waals surface area contributed by atoms with Gasteiger partial charge in [0.1, 0.15) is 0 Å². The Labute approximate surface area is 101 Å². The lowest BCUT2D eigenvalue weighted by Gasteiger charge is -1.96. The van der Waals surface area contributed by atoms with E-state index in [1.54, 1.807) is 0 Å². The molecular weight excluding hydrogens is 270 g/mol. The second-order valence-corrected chi connectivity index (χ2v) is 4.68. The van der Waals surface area contributed by atoms with Crippen LogP contribution in [0.25, 0.3) is 11.4 Å². The molecule has 2 aromatic rings. The lowest BCUT2D eigenvalue weighted by Crippen LogP contribution is -2.00. The average Bonchev–Trinajstić information content (AvgIpc) is 2.97. The van der Waals surface area contributed by atoms with Crippen LogP contribution in [0.15, 0.2) is 33.3 Å². The molecule has 1 aliphatic carbocycles. The van der Waals surface area contributed by atoms with Crippen LogP contribution in [0.2, 0.25) is 0 Å². The number of rotatable bonds is 3. The molecule has 0 radical (unpaired) electrons. The van der Waals surface area contributed by atoms with Crippen molar-refractivity contribution in [1.82, 2.24) is 10.1 Å². The largest absolute Gasteiger partial charge is 0.335 e. The maximum atomic E-state index is 5.13. The van der Waals surface area contributed by atoms with E-state index < -0.39 is 0 Å². The third kappa shape index (κ3) is 1.95. The molecule has 0 amide bonds. The molecule has 0 atom stereocenters. The summed E-state index contributed by atoms with van der Waals surface area (Å²) in [6.07, 6.45) is 2.37. The predicted octanol–water partition coefficient (Wildman–Crippen LogP) is 3.07. The summed E-state index contributed by atoms with van der Waals surface area (Å²) in [5, 5.41) is 7.12. The summed E-state index contributed by atoms with van der Waals surface area (Å²) >= 11 is 3.46. The maximum absolute atomic E-state index is 5.13. The van der Waals surface area contributed by atoms with E-state index in [0.717, 1.165) is 10.0 Å². The number of hydrogen-bond acceptors (Lipinski definition) is 4. The van der Waals surface area contributed by atoms with Crippen LogP contribution in [-0.4, -0.2) is 16.2 Å². The molecule has 1 heterocycles. The number of nitrogens with zero attached hydrogens (tertiary/aromatic N) is 2. The molecular formula is C11H10BrN3O. The normalized spacial score (nSPS) is 15.1. The molecule has 1 fully saturated rings. The Bertz CT molecular complexity index is 507. The molecule has 0 bridgehead atoms. The number of benzene rings is 1. The van der Waals surface area contributed by atoms with Crippen LogP contribution in [0.5, 0.6) is 0 Å². The minimum Gasteiger partial charge on any atom is -0.335 e. The van der Waals surface area contributed by atoms with Gasteiger partial charge in [0.15, 0.2) is 0 Å². The average molecular weight is 280 g/mol. The summed E-state index contributed by atoms with van der Waals surface area (Å²) in [5.74, 6) is 0.607. The number of halogens is 1. The van der Waals surface area contributed by atoms with E-state index in [-0.39, 0.29) is 0 Å². The van der Waals surface area contributed by atoms with Crippen LogP contribution in [0.3, 0.4) is 0 Å². The number of aromatic nitrogens is 2. The fourth-order valence-corrected chi connectivity index (χ4v) is 1.90. The van der Waals surface area contributed by atoms with E-state index >= 15 is 0 Å². The summed E-state index contributed by atoms with van der Waals surface area (Å²) in [6, 6.07) is 8.84. The minimum absolute atomic E-state index is 0.508. The van der Waals surface area contributed by atoms with Crippen LogP contribution in [0.4, 0.5) is 6.01 Å². The smallest absolute Gasteiger partial charge is 0.322 e. The standard InChI is InChI=1S/C11H10BrN3O/c12-9-4-2-1-3-8(9)10-14-11(16-15-10)13-7-5-6-7/h1-4,7H,5-6H2,(H,13,14,15). The molecule has 4 nitrogen and oxygen atoms in total. The highest BCUT2D eigenvalue weighted by atomic mass is 79.9. The zero-order valence-corrected chi connectivity index (χ0v) is 10.1. The van der Waals surface area contributed by atoms with Crippen LogP contribution < -0.4 is 5.32 Å². The molecule has 0 aliphatic heterocycles. The van der Waals surface area contributed by atoms with E-state index in [1.807, 2.05) is 24.3 Å². The first-order valence-electron chi connectivity index (χ1n) is 5.18. The summed E-state index contributed by atoms with van der Waals surface area (Å²) in [5.41, 5.74) is 0.940. The summed E-state index contributed by atoms with van der Waals surface area (Å²) in [6.45, 7) is 0. The molecule has 1 aromatic heterocycles. The van der Waals surface area contributed by atoms with Crippen molar-refractivity contribution in [2.75, 3.05) is 5.32 Å². The van der Waals surface area contributed by atoms with E-state index in [2.05, 4.69) is 31.4 Å². The molecule has 1 saturated carbocycles. The van der Waals surface area contributed by atoms with Crippen molar-refractivity contribution in [3.05, 3.63) is 28.7 Å². The first-order chi connectivity index (χ1) is 7.83. The van der Waals surface area contributed by atoms with Crippen LogP contribution in [0, 0.1) is 0 Å². The van der Waals surface area contributed by atoms with Crippen LogP contribution >= 0.6 is 15.9 Å². The molecule has 5 heteroatoms. The van der Waals surface area contributed by atoms with Crippen molar-refractivity contribution in [3.8, 4) is 11.4 Å². The molecule has 1 aliphatic rings. The van der Waals surface area contributed by atoms with Crippen molar-refractivity contribution < 1.29 is 4.52 Å². The van der Waals surface area contributed by atoms with Gasteiger partial charge < -0.3 is 9.84 Å². The van der Waals surface area contributed by atoms with Gasteiger partial charge in [-0.1, -0.05) is 33.2 Å². The van der Waals surface area contributed by atoms with E-state index in [0.29, 0.717) is 17.9 Å². The van der Waals surface area contributed by atoms with Gasteiger partial charge in [-0.25, -0.2) is 0 Å². The Kier molecular flexibility index (Phi) is 2.40. The van der Waals surface area contributed by atoms with Gasteiger partial charge in [0, 0.05) is 16.1 Å². The summed E-state index contributed by atoms with van der Waals surface area (Å²) in [7, 11) is 0. The predicted molar refractivity (Wildman–Crippen MR) is 64.1 cm³/mol. The van der Waals surface area contributed by atoms with Gasteiger partial charge in [-0.3, -0.25) is 0 Å². The van der Waals surface area contributed by atoms with Crippen molar-refractivity contribution in [2.45, 2.75) is 18.9 Å². The Hall–Kier alpha value is -1.36. The van der Waals surface area contributed by atoms with Gasteiger partial charge >= 0.3 is 6.01 Å². The summed E-state index contributed by atoms with van der Waals surface area (Å²) < 4.78 is 6.10. The highest BCUT2D eigenvalue weighted by Gasteiger charge is 2.23. The van der Waals surface area contributed by atoms with Crippen molar-refractivity contribution >= 4 is 21.9 Å². The molecule has 0 saturated heterocycles. The van der Waals surface area contributed by atoms with Crippen LogP contribution in [-0.2, 0) is 0 Å². The second-order valence-electron chi connectivity index (χ2n) is 3.82. The van der Waals surface area contributed by atoms with Crippen molar-refractivity contribution in [3.63, 3.8) is 0 Å². The summed E-state index contributed by atoms with van der Waals surface area (Å²) in [4.78, 5) is 4.30. The molecule has 82 valence electrons. The number of hydrogen-bond donors (Lipinski definition) is 1. The van der Waals surface area contributed by atoms with Crippen molar-refractivity contribution in [1.29, 1.82) is 0 Å². The van der Waals surface area contributed by atoms with Gasteiger partial charge in [0.25, 0.3) is 0 Å². The lowest BCUT2D eigenvalue weighted by atomic mass is 10.2. The lowest BCUT2D eigenvalue weighted by molar-refractivity contribution is 0.432. The highest BCUT2D eigenvalue weighted by molar-refractivity contribution is 9.10. The monoisotopic (exact) mass is 279 g/mol. The zero-order chi connectivity index (χ0) is 11.0. The van der Waals surface area contributed by atoms with Gasteiger partial charge in [-0.05, 0) is 25.0 Å². The topological polar surface area (TPSA) is 51.0 Å². The van der Waals surface area contributed by atoms with Gasteiger partial charge in [0.2, 0.25) is 5.82 Å². The molecule has 3 rings (SSSR count). The quantitative estimate of drug-likeness (QED) is 0.938. The van der Waals surface area contributed by atoms with E-state index in [4.69, 9.17) is 4.52 Å². The first-order valence-corrected chi connectivity index (χ1v) is 5.97. The zero-order valence-electron chi connectivity index (χ0n) is 8.48.